The van der Waals surface area contributed by atoms with Gasteiger partial charge in [-0.1, -0.05) is 5.16 Å². The van der Waals surface area contributed by atoms with Crippen molar-refractivity contribution >= 4 is 17.4 Å². The fourth-order valence-electron chi connectivity index (χ4n) is 1.32. The second kappa shape index (κ2) is 5.58. The molecule has 0 unspecified atom stereocenters. The Balaban J connectivity index is 3.11. The van der Waals surface area contributed by atoms with Crippen LogP contribution in [0.3, 0.4) is 0 Å². The Morgan fingerprint density at radius 1 is 1.33 bits per heavy atom. The van der Waals surface area contributed by atoms with Crippen LogP contribution >= 0.6 is 0 Å². The first-order valence-electron chi connectivity index (χ1n) is 5.66. The summed E-state index contributed by atoms with van der Waals surface area (Å²) in [6.45, 7) is 2.53. The molecule has 1 aromatic carbocycles. The van der Waals surface area contributed by atoms with Crippen molar-refractivity contribution in [3.05, 3.63) is 29.6 Å². The molecule has 0 radical (unpaired) electrons. The van der Waals surface area contributed by atoms with Gasteiger partial charge in [0.1, 0.15) is 11.2 Å². The lowest BCUT2D eigenvalue weighted by atomic mass is 9.91. The number of alkyl halides is 3. The first kappa shape index (κ1) is 16.7. The molecule has 1 aromatic rings. The lowest BCUT2D eigenvalue weighted by Crippen LogP contribution is -2.42. The minimum Gasteiger partial charge on any atom is -0.409 e. The van der Waals surface area contributed by atoms with Gasteiger partial charge < -0.3 is 16.3 Å². The zero-order chi connectivity index (χ0) is 16.4. The highest BCUT2D eigenvalue weighted by Crippen LogP contribution is 2.32. The van der Waals surface area contributed by atoms with Crippen molar-refractivity contribution in [2.24, 2.45) is 16.3 Å². The van der Waals surface area contributed by atoms with E-state index < -0.39 is 40.4 Å². The molecule has 0 aromatic heterocycles. The number of halogens is 4. The zero-order valence-electron chi connectivity index (χ0n) is 11.1. The number of benzene rings is 1. The fraction of sp³-hybridized carbons (Fsp3) is 0.333. The van der Waals surface area contributed by atoms with Gasteiger partial charge in [-0.3, -0.25) is 4.79 Å². The van der Waals surface area contributed by atoms with E-state index in [1.165, 1.54) is 13.8 Å². The van der Waals surface area contributed by atoms with Crippen molar-refractivity contribution in [2.45, 2.75) is 20.0 Å². The number of amides is 1. The zero-order valence-corrected chi connectivity index (χ0v) is 11.1. The summed E-state index contributed by atoms with van der Waals surface area (Å²) < 4.78 is 51.1. The second-order valence-electron chi connectivity index (χ2n) is 4.76. The normalized spacial score (nSPS) is 13.1. The summed E-state index contributed by atoms with van der Waals surface area (Å²) in [5.74, 6) is -2.42. The Hall–Kier alpha value is -2.32. The van der Waals surface area contributed by atoms with Gasteiger partial charge in [-0.2, -0.15) is 13.2 Å². The smallest absolute Gasteiger partial charge is 0.409 e. The van der Waals surface area contributed by atoms with Gasteiger partial charge in [0.2, 0.25) is 5.91 Å². The van der Waals surface area contributed by atoms with Crippen LogP contribution in [0.1, 0.15) is 19.4 Å². The third kappa shape index (κ3) is 3.61. The van der Waals surface area contributed by atoms with E-state index in [0.717, 1.165) is 0 Å². The molecule has 1 amide bonds. The molecule has 0 fully saturated rings. The van der Waals surface area contributed by atoms with Gasteiger partial charge in [-0.05, 0) is 32.0 Å². The quantitative estimate of drug-likeness (QED) is 0.264. The predicted octanol–water partition coefficient (Wildman–Crippen LogP) is 2.56. The van der Waals surface area contributed by atoms with E-state index in [2.05, 4.69) is 5.16 Å². The molecule has 0 saturated heterocycles. The van der Waals surface area contributed by atoms with E-state index >= 15 is 0 Å². The summed E-state index contributed by atoms with van der Waals surface area (Å²) in [4.78, 5) is 11.9. The predicted molar refractivity (Wildman–Crippen MR) is 67.2 cm³/mol. The SMILES string of the molecule is CC(C)(C(=O)Nc1cc(C(F)(F)F)ccc1F)C(N)=NO. The molecular weight excluding hydrogens is 294 g/mol. The number of hydrogen-bond acceptors (Lipinski definition) is 3. The molecule has 0 atom stereocenters. The van der Waals surface area contributed by atoms with E-state index in [1.54, 1.807) is 0 Å². The molecule has 0 aliphatic carbocycles. The summed E-state index contributed by atoms with van der Waals surface area (Å²) in [7, 11) is 0. The summed E-state index contributed by atoms with van der Waals surface area (Å²) in [5, 5.41) is 13.2. The van der Waals surface area contributed by atoms with Crippen LogP contribution in [0.5, 0.6) is 0 Å². The van der Waals surface area contributed by atoms with Crippen molar-refractivity contribution in [1.29, 1.82) is 0 Å². The van der Waals surface area contributed by atoms with E-state index in [4.69, 9.17) is 10.9 Å². The Morgan fingerprint density at radius 3 is 2.38 bits per heavy atom. The molecule has 0 aliphatic rings. The summed E-state index contributed by atoms with van der Waals surface area (Å²) in [6, 6.07) is 1.62. The number of anilines is 1. The molecule has 5 nitrogen and oxygen atoms in total. The molecule has 0 spiro atoms. The molecular formula is C12H13F4N3O2. The number of oxime groups is 1. The Bertz CT molecular complexity index is 582. The van der Waals surface area contributed by atoms with Gasteiger partial charge in [0, 0.05) is 0 Å². The van der Waals surface area contributed by atoms with Crippen LogP contribution in [0.15, 0.2) is 23.4 Å². The first-order chi connectivity index (χ1) is 9.50. The van der Waals surface area contributed by atoms with Crippen molar-refractivity contribution in [3.63, 3.8) is 0 Å². The number of hydrogen-bond donors (Lipinski definition) is 3. The minimum atomic E-state index is -4.67. The average Bonchev–Trinajstić information content (AvgIpc) is 2.38. The average molecular weight is 307 g/mol. The largest absolute Gasteiger partial charge is 0.416 e. The number of amidine groups is 1. The number of rotatable bonds is 3. The molecule has 0 aliphatic heterocycles. The maximum absolute atomic E-state index is 13.5. The van der Waals surface area contributed by atoms with Crippen molar-refractivity contribution < 1.29 is 27.6 Å². The summed E-state index contributed by atoms with van der Waals surface area (Å²) >= 11 is 0. The van der Waals surface area contributed by atoms with Crippen molar-refractivity contribution in [2.75, 3.05) is 5.32 Å². The number of carbonyl (C=O) groups excluding carboxylic acids is 1. The van der Waals surface area contributed by atoms with Crippen LogP contribution in [0.2, 0.25) is 0 Å². The summed E-state index contributed by atoms with van der Waals surface area (Å²) in [6.07, 6.45) is -4.67. The van der Waals surface area contributed by atoms with E-state index in [9.17, 15) is 22.4 Å². The Labute approximate surface area is 117 Å². The third-order valence-electron chi connectivity index (χ3n) is 2.86. The number of nitrogens with two attached hydrogens (primary N) is 1. The molecule has 21 heavy (non-hydrogen) atoms. The van der Waals surface area contributed by atoms with Crippen molar-refractivity contribution in [3.8, 4) is 0 Å². The van der Waals surface area contributed by atoms with E-state index in [-0.39, 0.29) is 0 Å². The van der Waals surface area contributed by atoms with Gasteiger partial charge in [-0.15, -0.1) is 0 Å². The molecule has 0 saturated carbocycles. The highest BCUT2D eigenvalue weighted by Gasteiger charge is 2.35. The molecule has 1 rings (SSSR count). The van der Waals surface area contributed by atoms with Crippen LogP contribution in [-0.4, -0.2) is 17.0 Å². The number of carbonyl (C=O) groups is 1. The second-order valence-corrected chi connectivity index (χ2v) is 4.76. The molecule has 0 bridgehead atoms. The highest BCUT2D eigenvalue weighted by molar-refractivity contribution is 6.11. The van der Waals surface area contributed by atoms with Gasteiger partial charge >= 0.3 is 6.18 Å². The van der Waals surface area contributed by atoms with Gasteiger partial charge in [0.25, 0.3) is 0 Å². The minimum absolute atomic E-state index is 0.465. The van der Waals surface area contributed by atoms with E-state index in [1.807, 2.05) is 5.32 Å². The lowest BCUT2D eigenvalue weighted by molar-refractivity contribution is -0.137. The standard InChI is InChI=1S/C12H13F4N3O2/c1-11(2,9(17)19-21)10(20)18-8-5-6(12(14,15)16)3-4-7(8)13/h3-5,21H,1-2H3,(H2,17,19)(H,18,20). The van der Waals surface area contributed by atoms with Crippen LogP contribution in [0.4, 0.5) is 23.2 Å². The monoisotopic (exact) mass is 307 g/mol. The molecule has 0 heterocycles. The Morgan fingerprint density at radius 2 is 1.90 bits per heavy atom. The van der Waals surface area contributed by atoms with Gasteiger partial charge in [0.05, 0.1) is 11.3 Å². The molecule has 9 heteroatoms. The topological polar surface area (TPSA) is 87.7 Å². The third-order valence-corrected chi connectivity index (χ3v) is 2.86. The number of nitrogens with zero attached hydrogens (tertiary/aromatic N) is 1. The van der Waals surface area contributed by atoms with E-state index in [0.29, 0.717) is 18.2 Å². The van der Waals surface area contributed by atoms with Crippen LogP contribution in [0.25, 0.3) is 0 Å². The Kier molecular flexibility index (Phi) is 4.45. The van der Waals surface area contributed by atoms with Gasteiger partial charge in [0.15, 0.2) is 5.84 Å². The number of nitrogens with one attached hydrogen (secondary N) is 1. The molecule has 4 N–H and O–H groups in total. The van der Waals surface area contributed by atoms with Gasteiger partial charge in [-0.25, -0.2) is 4.39 Å². The van der Waals surface area contributed by atoms with Crippen LogP contribution < -0.4 is 11.1 Å². The first-order valence-corrected chi connectivity index (χ1v) is 5.66. The maximum atomic E-state index is 13.5. The maximum Gasteiger partial charge on any atom is 0.416 e. The summed E-state index contributed by atoms with van der Waals surface area (Å²) in [5.41, 5.74) is 2.02. The fourth-order valence-corrected chi connectivity index (χ4v) is 1.32. The van der Waals surface area contributed by atoms with Crippen molar-refractivity contribution in [1.82, 2.24) is 0 Å². The highest BCUT2D eigenvalue weighted by atomic mass is 19.4. The lowest BCUT2D eigenvalue weighted by Gasteiger charge is -2.22. The van der Waals surface area contributed by atoms with Crippen LogP contribution in [0, 0.1) is 11.2 Å². The molecule has 116 valence electrons. The van der Waals surface area contributed by atoms with Crippen LogP contribution in [-0.2, 0) is 11.0 Å².